The number of methoxy groups -OCH3 is 1. The Morgan fingerprint density at radius 1 is 0.929 bits per heavy atom. The van der Waals surface area contributed by atoms with E-state index in [1.54, 1.807) is 0 Å². The molecule has 0 spiro atoms. The maximum absolute atomic E-state index is 12.1. The predicted molar refractivity (Wildman–Crippen MR) is 103 cm³/mol. The zero-order chi connectivity index (χ0) is 20.2. The Balaban J connectivity index is 1.72. The molecule has 28 heavy (non-hydrogen) atoms. The Labute approximate surface area is 164 Å². The van der Waals surface area contributed by atoms with Crippen LogP contribution in [0.5, 0.6) is 0 Å². The highest BCUT2D eigenvalue weighted by Gasteiger charge is 2.21. The second-order valence-corrected chi connectivity index (χ2v) is 6.07. The van der Waals surface area contributed by atoms with Gasteiger partial charge in [0.2, 0.25) is 5.91 Å². The first-order valence-electron chi connectivity index (χ1n) is 8.94. The number of nitrogens with one attached hydrogen (secondary N) is 2. The highest BCUT2D eigenvalue weighted by atomic mass is 16.5. The van der Waals surface area contributed by atoms with Crippen LogP contribution in [0.4, 0.5) is 4.79 Å². The number of alkyl carbamates (subject to hydrolysis) is 1. The van der Waals surface area contributed by atoms with Gasteiger partial charge < -0.3 is 20.1 Å². The molecule has 1 atom stereocenters. The fourth-order valence-electron chi connectivity index (χ4n) is 2.50. The number of rotatable bonds is 9. The van der Waals surface area contributed by atoms with E-state index in [4.69, 9.17) is 9.47 Å². The molecule has 0 saturated carbocycles. The van der Waals surface area contributed by atoms with E-state index in [0.29, 0.717) is 6.42 Å². The van der Waals surface area contributed by atoms with Crippen molar-refractivity contribution in [3.05, 3.63) is 71.8 Å². The first-order valence-corrected chi connectivity index (χ1v) is 8.94. The lowest BCUT2D eigenvalue weighted by molar-refractivity contribution is -0.145. The monoisotopic (exact) mass is 384 g/mol. The Morgan fingerprint density at radius 2 is 1.54 bits per heavy atom. The molecule has 0 fully saturated rings. The standard InChI is InChI=1S/C21H24N2O5/c1-27-20(25)18(14-16-8-4-2-5-9-16)23-19(24)12-13-22-21(26)28-15-17-10-6-3-7-11-17/h2-11,18H,12-15H2,1H3,(H,22,26)(H,23,24). The van der Waals surface area contributed by atoms with E-state index in [1.165, 1.54) is 7.11 Å². The molecule has 7 heteroatoms. The van der Waals surface area contributed by atoms with E-state index in [0.717, 1.165) is 11.1 Å². The largest absolute Gasteiger partial charge is 0.467 e. The van der Waals surface area contributed by atoms with E-state index < -0.39 is 18.1 Å². The summed E-state index contributed by atoms with van der Waals surface area (Å²) in [7, 11) is 1.27. The van der Waals surface area contributed by atoms with Gasteiger partial charge in [0, 0.05) is 19.4 Å². The first-order chi connectivity index (χ1) is 13.6. The van der Waals surface area contributed by atoms with Crippen molar-refractivity contribution < 1.29 is 23.9 Å². The number of amides is 2. The van der Waals surface area contributed by atoms with E-state index in [1.807, 2.05) is 60.7 Å². The van der Waals surface area contributed by atoms with Gasteiger partial charge >= 0.3 is 12.1 Å². The van der Waals surface area contributed by atoms with Crippen LogP contribution in [0.15, 0.2) is 60.7 Å². The minimum absolute atomic E-state index is 0.0166. The summed E-state index contributed by atoms with van der Waals surface area (Å²) in [4.78, 5) is 35.7. The number of hydrogen-bond acceptors (Lipinski definition) is 5. The van der Waals surface area contributed by atoms with Crippen molar-refractivity contribution in [3.8, 4) is 0 Å². The molecule has 2 rings (SSSR count). The van der Waals surface area contributed by atoms with Crippen molar-refractivity contribution >= 4 is 18.0 Å². The summed E-state index contributed by atoms with van der Waals surface area (Å²) in [5, 5.41) is 5.15. The van der Waals surface area contributed by atoms with Crippen LogP contribution in [0.25, 0.3) is 0 Å². The van der Waals surface area contributed by atoms with Gasteiger partial charge in [-0.1, -0.05) is 60.7 Å². The van der Waals surface area contributed by atoms with Crippen LogP contribution in [-0.2, 0) is 32.1 Å². The van der Waals surface area contributed by atoms with Crippen LogP contribution >= 0.6 is 0 Å². The molecule has 0 radical (unpaired) electrons. The molecule has 0 heterocycles. The van der Waals surface area contributed by atoms with Crippen molar-refractivity contribution in [2.75, 3.05) is 13.7 Å². The molecule has 2 N–H and O–H groups in total. The summed E-state index contributed by atoms with van der Waals surface area (Å²) in [5.74, 6) is -0.887. The normalized spacial score (nSPS) is 11.2. The SMILES string of the molecule is COC(=O)C(Cc1ccccc1)NC(=O)CCNC(=O)OCc1ccccc1. The Kier molecular flexibility index (Phi) is 8.52. The summed E-state index contributed by atoms with van der Waals surface area (Å²) in [6.45, 7) is 0.249. The molecule has 0 aromatic heterocycles. The first kappa shape index (κ1) is 21.0. The summed E-state index contributed by atoms with van der Waals surface area (Å²) in [5.41, 5.74) is 1.78. The zero-order valence-electron chi connectivity index (χ0n) is 15.7. The average molecular weight is 384 g/mol. The summed E-state index contributed by atoms with van der Waals surface area (Å²) < 4.78 is 9.83. The minimum Gasteiger partial charge on any atom is -0.467 e. The molecule has 2 aromatic carbocycles. The van der Waals surface area contributed by atoms with Crippen LogP contribution in [-0.4, -0.2) is 37.7 Å². The molecule has 2 aromatic rings. The van der Waals surface area contributed by atoms with E-state index in [9.17, 15) is 14.4 Å². The van der Waals surface area contributed by atoms with E-state index in [-0.39, 0.29) is 25.5 Å². The second-order valence-electron chi connectivity index (χ2n) is 6.07. The fraction of sp³-hybridized carbons (Fsp3) is 0.286. The molecular formula is C21H24N2O5. The van der Waals surface area contributed by atoms with Crippen molar-refractivity contribution in [1.82, 2.24) is 10.6 Å². The number of ether oxygens (including phenoxy) is 2. The lowest BCUT2D eigenvalue weighted by Gasteiger charge is -2.16. The average Bonchev–Trinajstić information content (AvgIpc) is 2.72. The van der Waals surface area contributed by atoms with Gasteiger partial charge in [-0.05, 0) is 11.1 Å². The van der Waals surface area contributed by atoms with Gasteiger partial charge in [0.15, 0.2) is 0 Å². The summed E-state index contributed by atoms with van der Waals surface area (Å²) >= 11 is 0. The second kappa shape index (κ2) is 11.4. The molecule has 148 valence electrons. The highest BCUT2D eigenvalue weighted by molar-refractivity contribution is 5.85. The number of hydrogen-bond donors (Lipinski definition) is 2. The van der Waals surface area contributed by atoms with Gasteiger partial charge in [0.1, 0.15) is 12.6 Å². The summed E-state index contributed by atoms with van der Waals surface area (Å²) in [6, 6.07) is 17.8. The maximum Gasteiger partial charge on any atom is 0.407 e. The van der Waals surface area contributed by atoms with E-state index >= 15 is 0 Å². The van der Waals surface area contributed by atoms with Crippen LogP contribution < -0.4 is 10.6 Å². The van der Waals surface area contributed by atoms with Crippen LogP contribution in [0, 0.1) is 0 Å². The van der Waals surface area contributed by atoms with Gasteiger partial charge in [-0.3, -0.25) is 4.79 Å². The van der Waals surface area contributed by atoms with Gasteiger partial charge in [-0.2, -0.15) is 0 Å². The highest BCUT2D eigenvalue weighted by Crippen LogP contribution is 2.05. The third-order valence-electron chi connectivity index (χ3n) is 3.94. The van der Waals surface area contributed by atoms with Gasteiger partial charge in [0.25, 0.3) is 0 Å². The summed E-state index contributed by atoms with van der Waals surface area (Å²) in [6.07, 6.45) is -0.264. The van der Waals surface area contributed by atoms with E-state index in [2.05, 4.69) is 10.6 Å². The van der Waals surface area contributed by atoms with Crippen molar-refractivity contribution in [2.45, 2.75) is 25.5 Å². The van der Waals surface area contributed by atoms with Crippen molar-refractivity contribution in [2.24, 2.45) is 0 Å². The predicted octanol–water partition coefficient (Wildman–Crippen LogP) is 2.20. The molecule has 1 unspecified atom stereocenters. The molecule has 0 aliphatic carbocycles. The fourth-order valence-corrected chi connectivity index (χ4v) is 2.50. The van der Waals surface area contributed by atoms with Crippen LogP contribution in [0.2, 0.25) is 0 Å². The smallest absolute Gasteiger partial charge is 0.407 e. The van der Waals surface area contributed by atoms with Crippen LogP contribution in [0.3, 0.4) is 0 Å². The molecule has 0 aliphatic heterocycles. The van der Waals surface area contributed by atoms with Crippen molar-refractivity contribution in [3.63, 3.8) is 0 Å². The maximum atomic E-state index is 12.1. The molecule has 7 nitrogen and oxygen atoms in total. The van der Waals surface area contributed by atoms with Gasteiger partial charge in [-0.25, -0.2) is 9.59 Å². The topological polar surface area (TPSA) is 93.7 Å². The molecule has 0 aliphatic rings. The number of carbonyl (C=O) groups excluding carboxylic acids is 3. The van der Waals surface area contributed by atoms with Crippen LogP contribution in [0.1, 0.15) is 17.5 Å². The number of carbonyl (C=O) groups is 3. The number of benzene rings is 2. The lowest BCUT2D eigenvalue weighted by atomic mass is 10.1. The van der Waals surface area contributed by atoms with Crippen molar-refractivity contribution in [1.29, 1.82) is 0 Å². The number of esters is 1. The Morgan fingerprint density at radius 3 is 2.14 bits per heavy atom. The molecular weight excluding hydrogens is 360 g/mol. The Bertz CT molecular complexity index is 765. The molecule has 0 bridgehead atoms. The third-order valence-corrected chi connectivity index (χ3v) is 3.94. The quantitative estimate of drug-likeness (QED) is 0.647. The van der Waals surface area contributed by atoms with Gasteiger partial charge in [-0.15, -0.1) is 0 Å². The molecule has 0 saturated heterocycles. The third kappa shape index (κ3) is 7.49. The zero-order valence-corrected chi connectivity index (χ0v) is 15.7. The minimum atomic E-state index is -0.787. The molecule has 2 amide bonds. The van der Waals surface area contributed by atoms with Gasteiger partial charge in [0.05, 0.1) is 7.11 Å². The lowest BCUT2D eigenvalue weighted by Crippen LogP contribution is -2.44. The Hall–Kier alpha value is -3.35.